The molecule has 0 aliphatic carbocycles. The molecule has 0 bridgehead atoms. The number of carbonyl (C=O) groups excluding carboxylic acids is 1. The van der Waals surface area contributed by atoms with Crippen molar-refractivity contribution >= 4 is 21.6 Å². The van der Waals surface area contributed by atoms with E-state index in [9.17, 15) is 22.7 Å². The summed E-state index contributed by atoms with van der Waals surface area (Å²) in [5.74, 6) is -0.124. The van der Waals surface area contributed by atoms with Crippen LogP contribution in [0.15, 0.2) is 89.3 Å². The van der Waals surface area contributed by atoms with Gasteiger partial charge in [0.15, 0.2) is 0 Å². The Hall–Kier alpha value is -3.95. The number of nitrogens with zero attached hydrogens (tertiary/aromatic N) is 1. The molecule has 7 nitrogen and oxygen atoms in total. The normalized spacial score (nSPS) is 13.9. The van der Waals surface area contributed by atoms with E-state index in [2.05, 4.69) is 5.32 Å². The van der Waals surface area contributed by atoms with E-state index in [-0.39, 0.29) is 17.1 Å². The van der Waals surface area contributed by atoms with Crippen LogP contribution in [0.25, 0.3) is 11.3 Å². The third-order valence-corrected chi connectivity index (χ3v) is 7.78. The fraction of sp³-hybridized carbons (Fsp3) is 0.233. The molecule has 0 fully saturated rings. The van der Waals surface area contributed by atoms with Crippen molar-refractivity contribution in [1.29, 1.82) is 0 Å². The first-order valence-corrected chi connectivity index (χ1v) is 14.2. The number of aliphatic hydroxyl groups is 1. The molecule has 4 aromatic rings. The predicted octanol–water partition coefficient (Wildman–Crippen LogP) is 5.42. The molecule has 2 N–H and O–H groups in total. The molecule has 0 saturated carbocycles. The van der Waals surface area contributed by atoms with Gasteiger partial charge in [-0.05, 0) is 67.4 Å². The molecule has 1 amide bonds. The van der Waals surface area contributed by atoms with E-state index >= 15 is 0 Å². The average molecular weight is 551 g/mol. The van der Waals surface area contributed by atoms with Gasteiger partial charge in [0, 0.05) is 24.6 Å². The first-order chi connectivity index (χ1) is 18.3. The van der Waals surface area contributed by atoms with Crippen molar-refractivity contribution in [1.82, 2.24) is 5.32 Å². The van der Waals surface area contributed by atoms with Gasteiger partial charge >= 0.3 is 0 Å². The summed E-state index contributed by atoms with van der Waals surface area (Å²) in [5.41, 5.74) is 1.29. The summed E-state index contributed by atoms with van der Waals surface area (Å²) in [5, 5.41) is 14.0. The van der Waals surface area contributed by atoms with Crippen LogP contribution >= 0.6 is 0 Å². The molecule has 0 aliphatic rings. The van der Waals surface area contributed by atoms with Crippen molar-refractivity contribution < 1.29 is 27.1 Å². The van der Waals surface area contributed by atoms with Crippen molar-refractivity contribution in [3.63, 3.8) is 0 Å². The van der Waals surface area contributed by atoms with Crippen LogP contribution in [0.5, 0.6) is 0 Å². The van der Waals surface area contributed by atoms with Gasteiger partial charge in [0.25, 0.3) is 5.91 Å². The van der Waals surface area contributed by atoms with E-state index in [1.54, 1.807) is 50.2 Å². The van der Waals surface area contributed by atoms with Gasteiger partial charge in [-0.15, -0.1) is 0 Å². The van der Waals surface area contributed by atoms with Gasteiger partial charge < -0.3 is 14.8 Å². The Labute approximate surface area is 228 Å². The minimum Gasteiger partial charge on any atom is -0.458 e. The lowest BCUT2D eigenvalue weighted by Crippen LogP contribution is -2.28. The van der Waals surface area contributed by atoms with Gasteiger partial charge in [0.1, 0.15) is 22.9 Å². The van der Waals surface area contributed by atoms with Crippen molar-refractivity contribution in [3.8, 4) is 11.3 Å². The fourth-order valence-corrected chi connectivity index (χ4v) is 4.72. The lowest BCUT2D eigenvalue weighted by molar-refractivity contribution is 0.0350. The first kappa shape index (κ1) is 28.1. The fourth-order valence-electron chi connectivity index (χ4n) is 4.24. The molecular formula is C30H31FN2O5S. The number of rotatable bonds is 9. The highest BCUT2D eigenvalue weighted by Crippen LogP contribution is 2.33. The zero-order chi connectivity index (χ0) is 28.4. The number of anilines is 1. The van der Waals surface area contributed by atoms with Crippen LogP contribution in [-0.4, -0.2) is 32.7 Å². The van der Waals surface area contributed by atoms with E-state index in [1.165, 1.54) is 25.2 Å². The molecule has 9 heteroatoms. The highest BCUT2D eigenvalue weighted by Gasteiger charge is 2.28. The minimum atomic E-state index is -3.62. The highest BCUT2D eigenvalue weighted by atomic mass is 32.2. The summed E-state index contributed by atoms with van der Waals surface area (Å²) in [6, 6.07) is 22.9. The van der Waals surface area contributed by atoms with Crippen LogP contribution in [0.1, 0.15) is 47.1 Å². The molecule has 2 unspecified atom stereocenters. The molecule has 0 saturated heterocycles. The van der Waals surface area contributed by atoms with Crippen LogP contribution in [0.2, 0.25) is 0 Å². The molecule has 4 rings (SSSR count). The summed E-state index contributed by atoms with van der Waals surface area (Å²) in [4.78, 5) is 13.2. The summed E-state index contributed by atoms with van der Waals surface area (Å²) in [7, 11) is -2.23. The predicted molar refractivity (Wildman–Crippen MR) is 149 cm³/mol. The van der Waals surface area contributed by atoms with Crippen LogP contribution in [0, 0.1) is 5.82 Å². The van der Waals surface area contributed by atoms with Crippen LogP contribution < -0.4 is 9.62 Å². The summed E-state index contributed by atoms with van der Waals surface area (Å²) >= 11 is 0. The lowest BCUT2D eigenvalue weighted by atomic mass is 9.94. The third kappa shape index (κ3) is 6.74. The second kappa shape index (κ2) is 11.0. The number of halogens is 1. The Morgan fingerprint density at radius 2 is 1.72 bits per heavy atom. The maximum Gasteiger partial charge on any atom is 0.251 e. The monoisotopic (exact) mass is 550 g/mol. The quantitative estimate of drug-likeness (QED) is 0.290. The molecule has 204 valence electrons. The Balaban J connectivity index is 1.67. The molecule has 0 radical (unpaired) electrons. The number of furan rings is 1. The summed E-state index contributed by atoms with van der Waals surface area (Å²) < 4.78 is 45.0. The van der Waals surface area contributed by atoms with Gasteiger partial charge in [-0.3, -0.25) is 9.10 Å². The van der Waals surface area contributed by atoms with E-state index in [0.29, 0.717) is 29.1 Å². The topological polar surface area (TPSA) is 99.8 Å². The van der Waals surface area contributed by atoms with Crippen molar-refractivity contribution in [2.24, 2.45) is 0 Å². The Morgan fingerprint density at radius 1 is 1.05 bits per heavy atom. The molecule has 0 aliphatic heterocycles. The average Bonchev–Trinajstić information content (AvgIpc) is 3.40. The largest absolute Gasteiger partial charge is 0.458 e. The van der Waals surface area contributed by atoms with Crippen LogP contribution in [0.4, 0.5) is 10.1 Å². The Bertz CT molecular complexity index is 1560. The van der Waals surface area contributed by atoms with E-state index in [0.717, 1.165) is 16.1 Å². The van der Waals surface area contributed by atoms with Gasteiger partial charge in [-0.25, -0.2) is 12.8 Å². The number of nitrogens with one attached hydrogen (secondary N) is 1. The molecule has 39 heavy (non-hydrogen) atoms. The maximum atomic E-state index is 13.3. The van der Waals surface area contributed by atoms with Crippen LogP contribution in [0.3, 0.4) is 0 Å². The second-order valence-corrected chi connectivity index (χ2v) is 11.9. The molecular weight excluding hydrogens is 519 g/mol. The second-order valence-electron chi connectivity index (χ2n) is 9.85. The Kier molecular flexibility index (Phi) is 7.94. The number of benzene rings is 3. The third-order valence-electron chi connectivity index (χ3n) is 6.57. The smallest absolute Gasteiger partial charge is 0.251 e. The molecule has 3 aromatic carbocycles. The van der Waals surface area contributed by atoms with Gasteiger partial charge in [-0.2, -0.15) is 0 Å². The summed E-state index contributed by atoms with van der Waals surface area (Å²) in [6.45, 7) is 3.43. The highest BCUT2D eigenvalue weighted by molar-refractivity contribution is 7.92. The molecule has 1 heterocycles. The van der Waals surface area contributed by atoms with Gasteiger partial charge in [0.2, 0.25) is 10.0 Å². The van der Waals surface area contributed by atoms with E-state index in [1.807, 2.05) is 30.3 Å². The zero-order valence-corrected chi connectivity index (χ0v) is 23.0. The number of sulfonamides is 1. The van der Waals surface area contributed by atoms with Crippen LogP contribution in [-0.2, 0) is 22.0 Å². The number of hydrogen-bond acceptors (Lipinski definition) is 5. The maximum absolute atomic E-state index is 13.3. The van der Waals surface area contributed by atoms with Gasteiger partial charge in [-0.1, -0.05) is 42.5 Å². The number of hydrogen-bond donors (Lipinski definition) is 2. The molecule has 1 aromatic heterocycles. The zero-order valence-electron chi connectivity index (χ0n) is 22.2. The number of amides is 1. The summed E-state index contributed by atoms with van der Waals surface area (Å²) in [6.07, 6.45) is 1.40. The van der Waals surface area contributed by atoms with Crippen molar-refractivity contribution in [2.75, 3.05) is 17.6 Å². The Morgan fingerprint density at radius 3 is 2.36 bits per heavy atom. The standard InChI is InChI=1S/C30H31FN2O5S/c1-20(22-10-12-25(31)13-11-22)32-29(34)24-16-23(17-26(18-24)33(3)39(4,36)37)27-14-15-28(38-27)30(2,35)19-21-8-6-5-7-9-21/h5-18,20,35H,19H2,1-4H3,(H,32,34). The lowest BCUT2D eigenvalue weighted by Gasteiger charge is -2.21. The molecule has 0 spiro atoms. The first-order valence-electron chi connectivity index (χ1n) is 12.4. The minimum absolute atomic E-state index is 0.209. The SMILES string of the molecule is CC(NC(=O)c1cc(-c2ccc(C(C)(O)Cc3ccccc3)o2)cc(N(C)S(C)(=O)=O)c1)c1ccc(F)cc1. The van der Waals surface area contributed by atoms with E-state index in [4.69, 9.17) is 4.42 Å². The van der Waals surface area contributed by atoms with Gasteiger partial charge in [0.05, 0.1) is 18.0 Å². The molecule has 2 atom stereocenters. The van der Waals surface area contributed by atoms with Crippen molar-refractivity contribution in [3.05, 3.63) is 113 Å². The van der Waals surface area contributed by atoms with Crippen molar-refractivity contribution in [2.45, 2.75) is 31.9 Å². The number of carbonyl (C=O) groups is 1. The van der Waals surface area contributed by atoms with E-state index < -0.39 is 27.6 Å².